The van der Waals surface area contributed by atoms with Gasteiger partial charge in [0.05, 0.1) is 12.1 Å². The average molecular weight is 493 g/mol. The molecule has 0 N–H and O–H groups in total. The van der Waals surface area contributed by atoms with Crippen LogP contribution < -0.4 is 9.64 Å². The minimum absolute atomic E-state index is 0.0496. The maximum absolute atomic E-state index is 13.5. The summed E-state index contributed by atoms with van der Waals surface area (Å²) in [6.07, 6.45) is 4.28. The van der Waals surface area contributed by atoms with E-state index in [0.29, 0.717) is 43.3 Å². The van der Waals surface area contributed by atoms with Crippen LogP contribution in [0.3, 0.4) is 0 Å². The van der Waals surface area contributed by atoms with Gasteiger partial charge in [0.1, 0.15) is 16.5 Å². The van der Waals surface area contributed by atoms with Crippen molar-refractivity contribution < 1.29 is 17.9 Å². The third-order valence-corrected chi connectivity index (χ3v) is 8.60. The Hall–Kier alpha value is -2.36. The zero-order chi connectivity index (χ0) is 23.6. The summed E-state index contributed by atoms with van der Waals surface area (Å²) in [6.45, 7) is 4.69. The fourth-order valence-electron chi connectivity index (χ4n) is 4.44. The smallest absolute Gasteiger partial charge is 0.254 e. The van der Waals surface area contributed by atoms with Crippen LogP contribution in [0.15, 0.2) is 41.4 Å². The molecule has 0 bridgehead atoms. The first-order valence-corrected chi connectivity index (χ1v) is 13.0. The Morgan fingerprint density at radius 3 is 2.48 bits per heavy atom. The number of anilines is 1. The number of aromatic nitrogens is 1. The van der Waals surface area contributed by atoms with Crippen LogP contribution in [0.25, 0.3) is 0 Å². The Bertz CT molecular complexity index is 1100. The molecule has 1 unspecified atom stereocenters. The molecule has 8 nitrogen and oxygen atoms in total. The molecule has 1 atom stereocenters. The summed E-state index contributed by atoms with van der Waals surface area (Å²) in [7, 11) is -2.33. The van der Waals surface area contributed by atoms with E-state index < -0.39 is 10.0 Å². The molecule has 1 aromatic carbocycles. The highest BCUT2D eigenvalue weighted by atomic mass is 35.5. The topological polar surface area (TPSA) is 83.0 Å². The number of halogens is 1. The van der Waals surface area contributed by atoms with Gasteiger partial charge in [-0.05, 0) is 50.1 Å². The Labute approximate surface area is 200 Å². The Morgan fingerprint density at radius 1 is 1.09 bits per heavy atom. The maximum Gasteiger partial charge on any atom is 0.254 e. The van der Waals surface area contributed by atoms with Crippen molar-refractivity contribution in [3.63, 3.8) is 0 Å². The van der Waals surface area contributed by atoms with Gasteiger partial charge in [0, 0.05) is 50.5 Å². The van der Waals surface area contributed by atoms with Crippen LogP contribution >= 0.6 is 11.6 Å². The van der Waals surface area contributed by atoms with Crippen LogP contribution in [0, 0.1) is 0 Å². The van der Waals surface area contributed by atoms with Crippen LogP contribution in [0.5, 0.6) is 5.75 Å². The van der Waals surface area contributed by atoms with Crippen molar-refractivity contribution in [1.82, 2.24) is 14.2 Å². The van der Waals surface area contributed by atoms with Crippen LogP contribution in [-0.4, -0.2) is 74.4 Å². The lowest BCUT2D eigenvalue weighted by Crippen LogP contribution is -2.49. The van der Waals surface area contributed by atoms with E-state index in [4.69, 9.17) is 16.3 Å². The molecule has 2 fully saturated rings. The number of carbonyl (C=O) groups is 1. The number of amides is 1. The van der Waals surface area contributed by atoms with E-state index >= 15 is 0 Å². The van der Waals surface area contributed by atoms with E-state index in [-0.39, 0.29) is 22.6 Å². The first-order valence-electron chi connectivity index (χ1n) is 11.2. The number of carbonyl (C=O) groups excluding carboxylic acids is 1. The third kappa shape index (κ3) is 4.95. The fraction of sp³-hybridized carbons (Fsp3) is 0.478. The summed E-state index contributed by atoms with van der Waals surface area (Å²) < 4.78 is 33.8. The number of hydrogen-bond acceptors (Lipinski definition) is 6. The largest absolute Gasteiger partial charge is 0.495 e. The van der Waals surface area contributed by atoms with Gasteiger partial charge in [0.25, 0.3) is 5.91 Å². The van der Waals surface area contributed by atoms with Gasteiger partial charge in [0.15, 0.2) is 0 Å². The van der Waals surface area contributed by atoms with E-state index in [1.165, 1.54) is 17.5 Å². The molecule has 3 heterocycles. The number of sulfonamides is 1. The third-order valence-electron chi connectivity index (χ3n) is 6.34. The predicted octanol–water partition coefficient (Wildman–Crippen LogP) is 3.27. The predicted molar refractivity (Wildman–Crippen MR) is 128 cm³/mol. The van der Waals surface area contributed by atoms with Crippen LogP contribution in [0.2, 0.25) is 5.02 Å². The summed E-state index contributed by atoms with van der Waals surface area (Å²) in [6, 6.07) is 8.24. The van der Waals surface area contributed by atoms with Crippen LogP contribution in [0.1, 0.15) is 36.5 Å². The standard InChI is InChI=1S/C23H29ClN4O4S/c1-17-5-3-4-10-28(17)33(30,31)21-15-18(6-8-20(21)32-2)23(29)27-13-11-26(12-14-27)22-9-7-19(24)16-25-22/h6-9,15-17H,3-5,10-14H2,1-2H3. The van der Waals surface area contributed by atoms with E-state index in [0.717, 1.165) is 25.1 Å². The van der Waals surface area contributed by atoms with Gasteiger partial charge in [-0.3, -0.25) is 4.79 Å². The van der Waals surface area contributed by atoms with Crippen LogP contribution in [0.4, 0.5) is 5.82 Å². The minimum atomic E-state index is -3.78. The molecule has 2 saturated heterocycles. The number of benzene rings is 1. The Balaban J connectivity index is 1.52. The molecule has 1 amide bonds. The van der Waals surface area contributed by atoms with Gasteiger partial charge in [-0.15, -0.1) is 0 Å². The molecule has 1 aromatic heterocycles. The molecule has 2 aliphatic rings. The number of piperazine rings is 1. The Morgan fingerprint density at radius 2 is 1.85 bits per heavy atom. The average Bonchev–Trinajstić information content (AvgIpc) is 2.84. The number of pyridine rings is 1. The zero-order valence-corrected chi connectivity index (χ0v) is 20.5. The summed E-state index contributed by atoms with van der Waals surface area (Å²) in [5.74, 6) is 0.882. The second-order valence-electron chi connectivity index (χ2n) is 8.44. The number of ether oxygens (including phenoxy) is 1. The van der Waals surface area contributed by atoms with E-state index in [9.17, 15) is 13.2 Å². The first kappa shape index (κ1) is 23.8. The van der Waals surface area contributed by atoms with Crippen molar-refractivity contribution in [2.45, 2.75) is 37.1 Å². The molecule has 0 aliphatic carbocycles. The fourth-order valence-corrected chi connectivity index (χ4v) is 6.44. The van der Waals surface area contributed by atoms with Gasteiger partial charge >= 0.3 is 0 Å². The van der Waals surface area contributed by atoms with Crippen molar-refractivity contribution in [1.29, 1.82) is 0 Å². The molecule has 178 valence electrons. The zero-order valence-electron chi connectivity index (χ0n) is 18.9. The second-order valence-corrected chi connectivity index (χ2v) is 10.7. The SMILES string of the molecule is COc1ccc(C(=O)N2CCN(c3ccc(Cl)cn3)CC2)cc1S(=O)(=O)N1CCCCC1C. The number of piperidine rings is 1. The lowest BCUT2D eigenvalue weighted by Gasteiger charge is -2.35. The van der Waals surface area contributed by atoms with Gasteiger partial charge in [0.2, 0.25) is 10.0 Å². The molecular weight excluding hydrogens is 464 g/mol. The Kier molecular flexibility index (Phi) is 7.11. The summed E-state index contributed by atoms with van der Waals surface area (Å²) >= 11 is 5.92. The van der Waals surface area contributed by atoms with Crippen molar-refractivity contribution in [3.05, 3.63) is 47.1 Å². The summed E-state index contributed by atoms with van der Waals surface area (Å²) in [5, 5.41) is 0.580. The van der Waals surface area contributed by atoms with E-state index in [2.05, 4.69) is 9.88 Å². The second kappa shape index (κ2) is 9.87. The maximum atomic E-state index is 13.5. The highest BCUT2D eigenvalue weighted by Crippen LogP contribution is 2.32. The minimum Gasteiger partial charge on any atom is -0.495 e. The van der Waals surface area contributed by atoms with Gasteiger partial charge in [-0.1, -0.05) is 18.0 Å². The number of methoxy groups -OCH3 is 1. The normalized spacial score (nSPS) is 20.0. The lowest BCUT2D eigenvalue weighted by atomic mass is 10.1. The molecule has 10 heteroatoms. The van der Waals surface area contributed by atoms with E-state index in [1.807, 2.05) is 13.0 Å². The highest BCUT2D eigenvalue weighted by Gasteiger charge is 2.34. The number of nitrogens with zero attached hydrogens (tertiary/aromatic N) is 4. The van der Waals surface area contributed by atoms with Crippen molar-refractivity contribution in [3.8, 4) is 5.75 Å². The molecule has 33 heavy (non-hydrogen) atoms. The van der Waals surface area contributed by atoms with E-state index in [1.54, 1.807) is 29.3 Å². The monoisotopic (exact) mass is 492 g/mol. The summed E-state index contributed by atoms with van der Waals surface area (Å²) in [5.41, 5.74) is 0.345. The van der Waals surface area contributed by atoms with Crippen molar-refractivity contribution >= 4 is 33.3 Å². The van der Waals surface area contributed by atoms with Gasteiger partial charge < -0.3 is 14.5 Å². The molecular formula is C23H29ClN4O4S. The van der Waals surface area contributed by atoms with Crippen molar-refractivity contribution in [2.75, 3.05) is 44.7 Å². The van der Waals surface area contributed by atoms with Gasteiger partial charge in [-0.2, -0.15) is 4.31 Å². The molecule has 2 aliphatic heterocycles. The molecule has 0 radical (unpaired) electrons. The first-order chi connectivity index (χ1) is 15.8. The molecule has 2 aromatic rings. The molecule has 0 saturated carbocycles. The van der Waals surface area contributed by atoms with Crippen LogP contribution in [-0.2, 0) is 10.0 Å². The quantitative estimate of drug-likeness (QED) is 0.637. The van der Waals surface area contributed by atoms with Gasteiger partial charge in [-0.25, -0.2) is 13.4 Å². The lowest BCUT2D eigenvalue weighted by molar-refractivity contribution is 0.0746. The summed E-state index contributed by atoms with van der Waals surface area (Å²) in [4.78, 5) is 21.5. The molecule has 0 spiro atoms. The molecule has 4 rings (SSSR count). The van der Waals surface area contributed by atoms with Crippen molar-refractivity contribution in [2.24, 2.45) is 0 Å². The number of hydrogen-bond donors (Lipinski definition) is 0. The number of rotatable bonds is 5. The highest BCUT2D eigenvalue weighted by molar-refractivity contribution is 7.89.